The quantitative estimate of drug-likeness (QED) is 0.777. The summed E-state index contributed by atoms with van der Waals surface area (Å²) >= 11 is 6.02. The second-order valence-corrected chi connectivity index (χ2v) is 5.54. The molecular weight excluding hydrogens is 246 g/mol. The van der Waals surface area contributed by atoms with Gasteiger partial charge in [-0.1, -0.05) is 32.4 Å². The van der Waals surface area contributed by atoms with Gasteiger partial charge in [-0.25, -0.2) is 0 Å². The lowest BCUT2D eigenvalue weighted by atomic mass is 9.83. The van der Waals surface area contributed by atoms with Gasteiger partial charge < -0.3 is 4.74 Å². The van der Waals surface area contributed by atoms with Crippen LogP contribution in [0.1, 0.15) is 38.7 Å². The number of halogens is 1. The van der Waals surface area contributed by atoms with Crippen LogP contribution in [0.3, 0.4) is 0 Å². The largest absolute Gasteiger partial charge is 0.496 e. The SMILES string of the molecule is COc1ccc(Cl)cc1C(C#N)C(C)CC(C)C. The maximum atomic E-state index is 9.42. The first-order valence-corrected chi connectivity index (χ1v) is 6.60. The van der Waals surface area contributed by atoms with Crippen LogP contribution in [0.15, 0.2) is 18.2 Å². The number of nitrogens with zero attached hydrogens (tertiary/aromatic N) is 1. The summed E-state index contributed by atoms with van der Waals surface area (Å²) in [5.74, 6) is 1.41. The van der Waals surface area contributed by atoms with Gasteiger partial charge in [0.15, 0.2) is 0 Å². The Morgan fingerprint density at radius 3 is 2.50 bits per heavy atom. The average molecular weight is 266 g/mol. The van der Waals surface area contributed by atoms with Crippen molar-refractivity contribution in [2.75, 3.05) is 7.11 Å². The molecule has 0 amide bonds. The Kier molecular flexibility index (Phi) is 5.50. The third kappa shape index (κ3) is 3.65. The highest BCUT2D eigenvalue weighted by Gasteiger charge is 2.23. The Morgan fingerprint density at radius 2 is 2.00 bits per heavy atom. The zero-order valence-corrected chi connectivity index (χ0v) is 12.2. The van der Waals surface area contributed by atoms with E-state index in [9.17, 15) is 5.26 Å². The van der Waals surface area contributed by atoms with E-state index in [4.69, 9.17) is 16.3 Å². The fraction of sp³-hybridized carbons (Fsp3) is 0.533. The first kappa shape index (κ1) is 14.9. The van der Waals surface area contributed by atoms with Gasteiger partial charge in [0.1, 0.15) is 5.75 Å². The molecule has 2 unspecified atom stereocenters. The molecule has 1 aromatic carbocycles. The summed E-state index contributed by atoms with van der Waals surface area (Å²) in [6.45, 7) is 6.44. The molecule has 1 aromatic rings. The smallest absolute Gasteiger partial charge is 0.123 e. The van der Waals surface area contributed by atoms with Crippen LogP contribution in [0, 0.1) is 23.2 Å². The zero-order valence-electron chi connectivity index (χ0n) is 11.4. The first-order chi connectivity index (χ1) is 8.49. The van der Waals surface area contributed by atoms with E-state index in [2.05, 4.69) is 26.8 Å². The lowest BCUT2D eigenvalue weighted by Crippen LogP contribution is -2.11. The van der Waals surface area contributed by atoms with Crippen LogP contribution >= 0.6 is 11.6 Å². The summed E-state index contributed by atoms with van der Waals surface area (Å²) < 4.78 is 5.33. The van der Waals surface area contributed by atoms with Crippen LogP contribution in [-0.4, -0.2) is 7.11 Å². The minimum absolute atomic E-state index is 0.180. The number of hydrogen-bond donors (Lipinski definition) is 0. The number of ether oxygens (including phenoxy) is 1. The maximum absolute atomic E-state index is 9.42. The highest BCUT2D eigenvalue weighted by molar-refractivity contribution is 6.30. The molecule has 0 radical (unpaired) electrons. The number of benzene rings is 1. The van der Waals surface area contributed by atoms with Crippen molar-refractivity contribution in [1.29, 1.82) is 5.26 Å². The highest BCUT2D eigenvalue weighted by Crippen LogP contribution is 2.35. The van der Waals surface area contributed by atoms with Gasteiger partial charge in [-0.05, 0) is 36.5 Å². The Labute approximate surface area is 115 Å². The molecule has 0 aliphatic rings. The molecule has 18 heavy (non-hydrogen) atoms. The molecule has 0 bridgehead atoms. The second kappa shape index (κ2) is 6.66. The molecule has 0 heterocycles. The zero-order chi connectivity index (χ0) is 13.7. The van der Waals surface area contributed by atoms with Crippen molar-refractivity contribution in [1.82, 2.24) is 0 Å². The van der Waals surface area contributed by atoms with Crippen LogP contribution in [-0.2, 0) is 0 Å². The van der Waals surface area contributed by atoms with Crippen molar-refractivity contribution in [3.8, 4) is 11.8 Å². The summed E-state index contributed by atoms with van der Waals surface area (Å²) in [7, 11) is 1.62. The molecule has 0 spiro atoms. The molecule has 0 N–H and O–H groups in total. The third-order valence-electron chi connectivity index (χ3n) is 3.08. The van der Waals surface area contributed by atoms with Crippen LogP contribution in [0.4, 0.5) is 0 Å². The molecule has 0 aliphatic heterocycles. The molecule has 0 aliphatic carbocycles. The molecule has 0 saturated carbocycles. The van der Waals surface area contributed by atoms with Crippen molar-refractivity contribution >= 4 is 11.6 Å². The summed E-state index contributed by atoms with van der Waals surface area (Å²) in [5, 5.41) is 10.1. The number of hydrogen-bond acceptors (Lipinski definition) is 2. The van der Waals surface area contributed by atoms with Gasteiger partial charge in [-0.3, -0.25) is 0 Å². The lowest BCUT2D eigenvalue weighted by molar-refractivity contribution is 0.382. The summed E-state index contributed by atoms with van der Waals surface area (Å²) in [6, 6.07) is 7.83. The van der Waals surface area contributed by atoms with Crippen molar-refractivity contribution in [3.05, 3.63) is 28.8 Å². The van der Waals surface area contributed by atoms with E-state index in [0.717, 1.165) is 17.7 Å². The Bertz CT molecular complexity index is 437. The van der Waals surface area contributed by atoms with Crippen LogP contribution in [0.2, 0.25) is 5.02 Å². The fourth-order valence-corrected chi connectivity index (χ4v) is 2.51. The van der Waals surface area contributed by atoms with Crippen molar-refractivity contribution in [2.45, 2.75) is 33.1 Å². The van der Waals surface area contributed by atoms with E-state index in [1.54, 1.807) is 13.2 Å². The van der Waals surface area contributed by atoms with E-state index in [0.29, 0.717) is 10.9 Å². The number of methoxy groups -OCH3 is 1. The number of nitriles is 1. The van der Waals surface area contributed by atoms with Gasteiger partial charge in [0.25, 0.3) is 0 Å². The molecule has 1 rings (SSSR count). The van der Waals surface area contributed by atoms with Crippen molar-refractivity contribution in [3.63, 3.8) is 0 Å². The minimum atomic E-state index is -0.180. The van der Waals surface area contributed by atoms with E-state index in [-0.39, 0.29) is 11.8 Å². The molecule has 2 nitrogen and oxygen atoms in total. The summed E-state index contributed by atoms with van der Waals surface area (Å²) in [6.07, 6.45) is 1.01. The maximum Gasteiger partial charge on any atom is 0.123 e. The minimum Gasteiger partial charge on any atom is -0.496 e. The monoisotopic (exact) mass is 265 g/mol. The molecule has 2 atom stereocenters. The fourth-order valence-electron chi connectivity index (χ4n) is 2.33. The van der Waals surface area contributed by atoms with Crippen LogP contribution in [0.5, 0.6) is 5.75 Å². The molecule has 0 fully saturated rings. The standard InChI is InChI=1S/C15H20ClNO/c1-10(2)7-11(3)14(9-17)13-8-12(16)5-6-15(13)18-4/h5-6,8,10-11,14H,7H2,1-4H3. The molecule has 98 valence electrons. The second-order valence-electron chi connectivity index (χ2n) is 5.10. The average Bonchev–Trinajstić information content (AvgIpc) is 2.29. The first-order valence-electron chi connectivity index (χ1n) is 6.22. The molecule has 3 heteroatoms. The van der Waals surface area contributed by atoms with Crippen molar-refractivity contribution in [2.24, 2.45) is 11.8 Å². The predicted molar refractivity (Wildman–Crippen MR) is 75.0 cm³/mol. The van der Waals surface area contributed by atoms with Crippen LogP contribution < -0.4 is 4.74 Å². The van der Waals surface area contributed by atoms with Crippen molar-refractivity contribution < 1.29 is 4.74 Å². The summed E-state index contributed by atoms with van der Waals surface area (Å²) in [5.41, 5.74) is 0.889. The van der Waals surface area contributed by atoms with E-state index >= 15 is 0 Å². The van der Waals surface area contributed by atoms with Gasteiger partial charge in [0.2, 0.25) is 0 Å². The molecule has 0 aromatic heterocycles. The lowest BCUT2D eigenvalue weighted by Gasteiger charge is -2.21. The van der Waals surface area contributed by atoms with Gasteiger partial charge >= 0.3 is 0 Å². The molecule has 0 saturated heterocycles. The van der Waals surface area contributed by atoms with Gasteiger partial charge in [0, 0.05) is 10.6 Å². The topological polar surface area (TPSA) is 33.0 Å². The van der Waals surface area contributed by atoms with Gasteiger partial charge in [-0.2, -0.15) is 5.26 Å². The normalized spacial score (nSPS) is 14.1. The third-order valence-corrected chi connectivity index (χ3v) is 3.31. The predicted octanol–water partition coefficient (Wildman–Crippen LogP) is 4.64. The van der Waals surface area contributed by atoms with Gasteiger partial charge in [-0.15, -0.1) is 0 Å². The van der Waals surface area contributed by atoms with E-state index in [1.807, 2.05) is 12.1 Å². The number of rotatable bonds is 5. The van der Waals surface area contributed by atoms with E-state index < -0.39 is 0 Å². The van der Waals surface area contributed by atoms with Gasteiger partial charge in [0.05, 0.1) is 19.1 Å². The molecular formula is C15H20ClNO. The Hall–Kier alpha value is -1.20. The van der Waals surface area contributed by atoms with Crippen LogP contribution in [0.25, 0.3) is 0 Å². The Morgan fingerprint density at radius 1 is 1.33 bits per heavy atom. The Balaban J connectivity index is 3.08. The van der Waals surface area contributed by atoms with E-state index in [1.165, 1.54) is 0 Å². The summed E-state index contributed by atoms with van der Waals surface area (Å²) in [4.78, 5) is 0. The highest BCUT2D eigenvalue weighted by atomic mass is 35.5.